The zero-order valence-electron chi connectivity index (χ0n) is 16.6. The third-order valence-electron chi connectivity index (χ3n) is 5.04. The highest BCUT2D eigenvalue weighted by Crippen LogP contribution is 2.26. The molecule has 0 radical (unpaired) electrons. The summed E-state index contributed by atoms with van der Waals surface area (Å²) in [6, 6.07) is 14.6. The van der Waals surface area contributed by atoms with Gasteiger partial charge in [0.1, 0.15) is 11.4 Å². The van der Waals surface area contributed by atoms with E-state index in [0.29, 0.717) is 16.3 Å². The molecular formula is C23H17ClFN3O2S. The van der Waals surface area contributed by atoms with E-state index < -0.39 is 11.8 Å². The molecule has 8 heteroatoms. The lowest BCUT2D eigenvalue weighted by Gasteiger charge is -2.28. The molecule has 0 unspecified atom stereocenters. The number of benzene rings is 2. The third-order valence-corrected chi connectivity index (χ3v) is 5.58. The largest absolute Gasteiger partial charge is 0.318 e. The summed E-state index contributed by atoms with van der Waals surface area (Å²) < 4.78 is 15.2. The van der Waals surface area contributed by atoms with Crippen molar-refractivity contribution >= 4 is 52.5 Å². The lowest BCUT2D eigenvalue weighted by Crippen LogP contribution is -2.54. The van der Waals surface area contributed by atoms with E-state index in [4.69, 9.17) is 23.8 Å². The van der Waals surface area contributed by atoms with Crippen molar-refractivity contribution in [2.75, 3.05) is 4.90 Å². The molecule has 1 aliphatic rings. The first-order valence-corrected chi connectivity index (χ1v) is 10.2. The van der Waals surface area contributed by atoms with Crippen LogP contribution in [0.4, 0.5) is 10.1 Å². The molecule has 3 aromatic rings. The highest BCUT2D eigenvalue weighted by atomic mass is 35.5. The fraction of sp³-hybridized carbons (Fsp3) is 0.0870. The number of halogens is 2. The fourth-order valence-corrected chi connectivity index (χ4v) is 3.97. The molecule has 0 spiro atoms. The first-order chi connectivity index (χ1) is 14.8. The van der Waals surface area contributed by atoms with Gasteiger partial charge in [0.25, 0.3) is 11.8 Å². The SMILES string of the molecule is Cc1cc(C=C2C(=O)NC(=S)N(c3ccc(Cl)cc3)C2=O)c(C)n1-c1ccc(F)cc1. The molecule has 31 heavy (non-hydrogen) atoms. The lowest BCUT2D eigenvalue weighted by atomic mass is 10.1. The minimum Gasteiger partial charge on any atom is -0.318 e. The van der Waals surface area contributed by atoms with Crippen LogP contribution in [0.15, 0.2) is 60.2 Å². The quantitative estimate of drug-likeness (QED) is 0.355. The Hall–Kier alpha value is -3.29. The average Bonchev–Trinajstić information content (AvgIpc) is 3.00. The van der Waals surface area contributed by atoms with Crippen molar-refractivity contribution in [2.24, 2.45) is 0 Å². The Balaban J connectivity index is 1.75. The number of anilines is 1. The zero-order chi connectivity index (χ0) is 22.3. The molecule has 0 aliphatic carbocycles. The average molecular weight is 454 g/mol. The standard InChI is InChI=1S/C23H17ClFN3O2S/c1-13-11-15(14(2)27(13)18-9-5-17(25)6-10-18)12-20-21(29)26-23(31)28(22(20)30)19-7-3-16(24)4-8-19/h3-12H,1-2H3,(H,26,29,31). The van der Waals surface area contributed by atoms with Crippen LogP contribution in [0.1, 0.15) is 17.0 Å². The zero-order valence-corrected chi connectivity index (χ0v) is 18.2. The second kappa shape index (κ2) is 8.09. The smallest absolute Gasteiger partial charge is 0.270 e. The Morgan fingerprint density at radius 2 is 1.61 bits per heavy atom. The minimum absolute atomic E-state index is 0.00579. The van der Waals surface area contributed by atoms with Crippen LogP contribution in [0.5, 0.6) is 0 Å². The summed E-state index contributed by atoms with van der Waals surface area (Å²) in [5, 5.41) is 3.10. The van der Waals surface area contributed by atoms with Crippen molar-refractivity contribution in [3.63, 3.8) is 0 Å². The number of aryl methyl sites for hydroxylation is 1. The second-order valence-corrected chi connectivity index (χ2v) is 7.90. The van der Waals surface area contributed by atoms with Crippen LogP contribution < -0.4 is 10.2 Å². The van der Waals surface area contributed by atoms with Crippen molar-refractivity contribution in [1.82, 2.24) is 9.88 Å². The summed E-state index contributed by atoms with van der Waals surface area (Å²) in [7, 11) is 0. The number of amides is 2. The van der Waals surface area contributed by atoms with Crippen LogP contribution in [0, 0.1) is 19.7 Å². The molecule has 5 nitrogen and oxygen atoms in total. The van der Waals surface area contributed by atoms with Crippen LogP contribution in [-0.4, -0.2) is 21.5 Å². The van der Waals surface area contributed by atoms with Gasteiger partial charge in [0, 0.05) is 22.1 Å². The molecule has 1 aromatic heterocycles. The van der Waals surface area contributed by atoms with Gasteiger partial charge in [-0.2, -0.15) is 0 Å². The van der Waals surface area contributed by atoms with Gasteiger partial charge in [0.05, 0.1) is 5.69 Å². The first kappa shape index (κ1) is 21.0. The molecule has 0 saturated carbocycles. The Bertz CT molecular complexity index is 1250. The van der Waals surface area contributed by atoms with Crippen molar-refractivity contribution in [2.45, 2.75) is 13.8 Å². The van der Waals surface area contributed by atoms with E-state index in [9.17, 15) is 14.0 Å². The van der Waals surface area contributed by atoms with Crippen molar-refractivity contribution in [3.05, 3.63) is 88.0 Å². The molecule has 4 rings (SSSR count). The monoisotopic (exact) mass is 453 g/mol. The van der Waals surface area contributed by atoms with Crippen molar-refractivity contribution < 1.29 is 14.0 Å². The fourth-order valence-electron chi connectivity index (χ4n) is 3.56. The van der Waals surface area contributed by atoms with Crippen molar-refractivity contribution in [3.8, 4) is 5.69 Å². The summed E-state index contributed by atoms with van der Waals surface area (Å²) in [6.45, 7) is 3.77. The predicted octanol–water partition coefficient (Wildman–Crippen LogP) is 4.72. The van der Waals surface area contributed by atoms with Gasteiger partial charge in [-0.05, 0) is 92.3 Å². The number of hydrogen-bond donors (Lipinski definition) is 1. The summed E-state index contributed by atoms with van der Waals surface area (Å²) in [5.74, 6) is -1.41. The summed E-state index contributed by atoms with van der Waals surface area (Å²) >= 11 is 11.2. The van der Waals surface area contributed by atoms with Crippen LogP contribution in [0.3, 0.4) is 0 Å². The van der Waals surface area contributed by atoms with E-state index in [0.717, 1.165) is 17.1 Å². The minimum atomic E-state index is -0.563. The van der Waals surface area contributed by atoms with Gasteiger partial charge >= 0.3 is 0 Å². The van der Waals surface area contributed by atoms with Crippen LogP contribution in [0.25, 0.3) is 11.8 Å². The first-order valence-electron chi connectivity index (χ1n) is 9.38. The number of nitrogens with one attached hydrogen (secondary N) is 1. The van der Waals surface area contributed by atoms with E-state index in [1.54, 1.807) is 42.5 Å². The Morgan fingerprint density at radius 1 is 1.00 bits per heavy atom. The number of rotatable bonds is 3. The molecule has 1 saturated heterocycles. The van der Waals surface area contributed by atoms with Crippen LogP contribution in [0.2, 0.25) is 5.02 Å². The van der Waals surface area contributed by atoms with Gasteiger partial charge in [0.2, 0.25) is 0 Å². The van der Waals surface area contributed by atoms with Crippen LogP contribution in [-0.2, 0) is 9.59 Å². The lowest BCUT2D eigenvalue weighted by molar-refractivity contribution is -0.122. The highest BCUT2D eigenvalue weighted by Gasteiger charge is 2.34. The maximum absolute atomic E-state index is 13.3. The van der Waals surface area contributed by atoms with Gasteiger partial charge in [-0.15, -0.1) is 0 Å². The molecule has 156 valence electrons. The Kier molecular flexibility index (Phi) is 5.47. The molecular weight excluding hydrogens is 437 g/mol. The molecule has 1 fully saturated rings. The predicted molar refractivity (Wildman–Crippen MR) is 123 cm³/mol. The number of carbonyl (C=O) groups excluding carboxylic acids is 2. The summed E-state index contributed by atoms with van der Waals surface area (Å²) in [6.07, 6.45) is 1.55. The molecule has 1 N–H and O–H groups in total. The molecule has 1 aliphatic heterocycles. The Morgan fingerprint density at radius 3 is 2.26 bits per heavy atom. The van der Waals surface area contributed by atoms with Gasteiger partial charge in [-0.3, -0.25) is 19.8 Å². The number of hydrogen-bond acceptors (Lipinski definition) is 3. The normalized spacial score (nSPS) is 15.5. The van der Waals surface area contributed by atoms with E-state index in [1.807, 2.05) is 24.5 Å². The van der Waals surface area contributed by atoms with E-state index >= 15 is 0 Å². The summed E-state index contributed by atoms with van der Waals surface area (Å²) in [5.41, 5.74) is 3.63. The molecule has 2 amide bonds. The van der Waals surface area contributed by atoms with Gasteiger partial charge < -0.3 is 4.57 Å². The Labute approximate surface area is 188 Å². The van der Waals surface area contributed by atoms with Crippen LogP contribution >= 0.6 is 23.8 Å². The molecule has 0 bridgehead atoms. The molecule has 2 aromatic carbocycles. The summed E-state index contributed by atoms with van der Waals surface area (Å²) in [4.78, 5) is 27.0. The highest BCUT2D eigenvalue weighted by molar-refractivity contribution is 7.80. The van der Waals surface area contributed by atoms with E-state index in [1.165, 1.54) is 17.0 Å². The van der Waals surface area contributed by atoms with Crippen molar-refractivity contribution in [1.29, 1.82) is 0 Å². The topological polar surface area (TPSA) is 54.3 Å². The molecule has 0 atom stereocenters. The van der Waals surface area contributed by atoms with E-state index in [2.05, 4.69) is 5.32 Å². The number of thiocarbonyl (C=S) groups is 1. The van der Waals surface area contributed by atoms with Gasteiger partial charge in [-0.25, -0.2) is 4.39 Å². The third kappa shape index (κ3) is 3.89. The number of nitrogens with zero attached hydrogens (tertiary/aromatic N) is 2. The number of aromatic nitrogens is 1. The van der Waals surface area contributed by atoms with E-state index in [-0.39, 0.29) is 16.5 Å². The maximum Gasteiger partial charge on any atom is 0.270 e. The maximum atomic E-state index is 13.3. The second-order valence-electron chi connectivity index (χ2n) is 7.07. The van der Waals surface area contributed by atoms with Gasteiger partial charge in [-0.1, -0.05) is 11.6 Å². The molecule has 2 heterocycles. The van der Waals surface area contributed by atoms with Gasteiger partial charge in [0.15, 0.2) is 5.11 Å². The number of carbonyl (C=O) groups is 2.